The highest BCUT2D eigenvalue weighted by atomic mass is 16.3. The number of terminal acetylenes is 1. The summed E-state index contributed by atoms with van der Waals surface area (Å²) < 4.78 is 0. The molecule has 0 aliphatic rings. The zero-order chi connectivity index (χ0) is 12.4. The zero-order valence-electron chi connectivity index (χ0n) is 10.0. The van der Waals surface area contributed by atoms with E-state index in [-0.39, 0.29) is 0 Å². The Kier molecular flexibility index (Phi) is 3.03. The summed E-state index contributed by atoms with van der Waals surface area (Å²) in [6.07, 6.45) is 4.38. The maximum Gasteiger partial charge on any atom is 0.140 e. The van der Waals surface area contributed by atoms with Crippen molar-refractivity contribution < 1.29 is 5.11 Å². The molecule has 2 aromatic rings. The highest BCUT2D eigenvalue weighted by Gasteiger charge is 2.05. The summed E-state index contributed by atoms with van der Waals surface area (Å²) in [5.74, 6) is 2.32. The van der Waals surface area contributed by atoms with Crippen LogP contribution in [0.15, 0.2) is 36.4 Å². The third-order valence-electron chi connectivity index (χ3n) is 2.84. The Morgan fingerprint density at radius 2 is 1.76 bits per heavy atom. The fourth-order valence-electron chi connectivity index (χ4n) is 1.80. The molecule has 2 aromatic carbocycles. The van der Waals surface area contributed by atoms with Crippen molar-refractivity contribution in [3.63, 3.8) is 0 Å². The van der Waals surface area contributed by atoms with Crippen molar-refractivity contribution in [2.24, 2.45) is 0 Å². The number of hydrogen-bond acceptors (Lipinski definition) is 2. The van der Waals surface area contributed by atoms with Crippen molar-refractivity contribution in [3.8, 4) is 12.3 Å². The first-order chi connectivity index (χ1) is 8.11. The number of rotatable bonds is 2. The lowest BCUT2D eigenvalue weighted by Gasteiger charge is -2.13. The Bertz CT molecular complexity index is 581. The lowest BCUT2D eigenvalue weighted by atomic mass is 10.0. The molecule has 0 aliphatic carbocycles. The van der Waals surface area contributed by atoms with E-state index in [9.17, 15) is 5.11 Å². The molecule has 1 N–H and O–H groups in total. The van der Waals surface area contributed by atoms with E-state index >= 15 is 0 Å². The number of fused-ring (bicyclic) bond motifs is 1. The van der Waals surface area contributed by atoms with Crippen molar-refractivity contribution in [1.29, 1.82) is 0 Å². The van der Waals surface area contributed by atoms with Gasteiger partial charge in [-0.2, -0.15) is 0 Å². The summed E-state index contributed by atoms with van der Waals surface area (Å²) in [5, 5.41) is 11.8. The van der Waals surface area contributed by atoms with Gasteiger partial charge in [0.25, 0.3) is 0 Å². The van der Waals surface area contributed by atoms with Crippen LogP contribution in [0, 0.1) is 12.3 Å². The van der Waals surface area contributed by atoms with Crippen LogP contribution in [0.3, 0.4) is 0 Å². The molecule has 0 saturated heterocycles. The molecule has 0 bridgehead atoms. The average Bonchev–Trinajstić information content (AvgIpc) is 2.36. The molecule has 0 saturated carbocycles. The lowest BCUT2D eigenvalue weighted by Crippen LogP contribution is -2.08. The van der Waals surface area contributed by atoms with Gasteiger partial charge in [-0.3, -0.25) is 0 Å². The maximum atomic E-state index is 9.59. The smallest absolute Gasteiger partial charge is 0.140 e. The minimum atomic E-state index is -0.826. The minimum absolute atomic E-state index is 0.762. The van der Waals surface area contributed by atoms with Crippen LogP contribution in [0.1, 0.15) is 11.7 Å². The van der Waals surface area contributed by atoms with Crippen molar-refractivity contribution in [2.75, 3.05) is 19.0 Å². The monoisotopic (exact) mass is 225 g/mol. The topological polar surface area (TPSA) is 23.5 Å². The summed E-state index contributed by atoms with van der Waals surface area (Å²) in [7, 11) is 4.02. The number of benzene rings is 2. The number of anilines is 1. The minimum Gasteiger partial charge on any atom is -0.378 e. The number of nitrogens with zero attached hydrogens (tertiary/aromatic N) is 1. The second-order valence-corrected chi connectivity index (χ2v) is 4.25. The van der Waals surface area contributed by atoms with Crippen LogP contribution in [-0.4, -0.2) is 19.2 Å². The van der Waals surface area contributed by atoms with Gasteiger partial charge in [0, 0.05) is 19.8 Å². The summed E-state index contributed by atoms with van der Waals surface area (Å²) in [5.41, 5.74) is 1.92. The van der Waals surface area contributed by atoms with Gasteiger partial charge in [0.2, 0.25) is 0 Å². The van der Waals surface area contributed by atoms with Crippen LogP contribution in [-0.2, 0) is 0 Å². The first-order valence-electron chi connectivity index (χ1n) is 5.47. The Morgan fingerprint density at radius 1 is 1.12 bits per heavy atom. The summed E-state index contributed by atoms with van der Waals surface area (Å²) in [4.78, 5) is 2.06. The van der Waals surface area contributed by atoms with Crippen molar-refractivity contribution in [3.05, 3.63) is 42.0 Å². The van der Waals surface area contributed by atoms with E-state index in [1.54, 1.807) is 0 Å². The molecule has 2 nitrogen and oxygen atoms in total. The molecule has 0 aromatic heterocycles. The van der Waals surface area contributed by atoms with Crippen molar-refractivity contribution in [2.45, 2.75) is 6.10 Å². The van der Waals surface area contributed by atoms with Gasteiger partial charge in [-0.05, 0) is 34.5 Å². The van der Waals surface area contributed by atoms with Gasteiger partial charge in [0.15, 0.2) is 0 Å². The summed E-state index contributed by atoms with van der Waals surface area (Å²) in [6, 6.07) is 12.0. The number of aliphatic hydroxyl groups excluding tert-OH is 1. The molecule has 1 unspecified atom stereocenters. The van der Waals surface area contributed by atoms with Gasteiger partial charge in [0.1, 0.15) is 6.10 Å². The van der Waals surface area contributed by atoms with Gasteiger partial charge in [-0.1, -0.05) is 24.1 Å². The van der Waals surface area contributed by atoms with E-state index < -0.39 is 6.10 Å². The highest BCUT2D eigenvalue weighted by Crippen LogP contribution is 2.24. The lowest BCUT2D eigenvalue weighted by molar-refractivity contribution is 0.239. The first kappa shape index (κ1) is 11.5. The van der Waals surface area contributed by atoms with E-state index in [1.807, 2.05) is 44.4 Å². The van der Waals surface area contributed by atoms with Gasteiger partial charge in [0.05, 0.1) is 0 Å². The Balaban J connectivity index is 2.51. The van der Waals surface area contributed by atoms with Crippen molar-refractivity contribution >= 4 is 16.5 Å². The molecule has 0 heterocycles. The SMILES string of the molecule is C#CC(O)c1ccc2cc(N(C)C)ccc2c1. The van der Waals surface area contributed by atoms with Gasteiger partial charge < -0.3 is 10.0 Å². The Labute approximate surface area is 101 Å². The second-order valence-electron chi connectivity index (χ2n) is 4.25. The number of aliphatic hydroxyl groups is 1. The fourth-order valence-corrected chi connectivity index (χ4v) is 1.80. The van der Waals surface area contributed by atoms with E-state index in [0.29, 0.717) is 0 Å². The van der Waals surface area contributed by atoms with Crippen LogP contribution >= 0.6 is 0 Å². The molecule has 0 radical (unpaired) electrons. The summed E-state index contributed by atoms with van der Waals surface area (Å²) >= 11 is 0. The van der Waals surface area contributed by atoms with Crippen LogP contribution in [0.5, 0.6) is 0 Å². The molecule has 0 amide bonds. The van der Waals surface area contributed by atoms with Crippen LogP contribution in [0.4, 0.5) is 5.69 Å². The van der Waals surface area contributed by atoms with Gasteiger partial charge in [-0.15, -0.1) is 6.42 Å². The molecule has 2 heteroatoms. The van der Waals surface area contributed by atoms with Crippen LogP contribution in [0.25, 0.3) is 10.8 Å². The maximum absolute atomic E-state index is 9.59. The van der Waals surface area contributed by atoms with E-state index in [0.717, 1.165) is 22.0 Å². The van der Waals surface area contributed by atoms with E-state index in [4.69, 9.17) is 6.42 Å². The molecule has 0 spiro atoms. The fraction of sp³-hybridized carbons (Fsp3) is 0.200. The Hall–Kier alpha value is -1.98. The first-order valence-corrected chi connectivity index (χ1v) is 5.47. The molecule has 0 fully saturated rings. The molecule has 17 heavy (non-hydrogen) atoms. The van der Waals surface area contributed by atoms with E-state index in [2.05, 4.69) is 16.9 Å². The van der Waals surface area contributed by atoms with E-state index in [1.165, 1.54) is 0 Å². The highest BCUT2D eigenvalue weighted by molar-refractivity contribution is 5.86. The van der Waals surface area contributed by atoms with Crippen LogP contribution in [0.2, 0.25) is 0 Å². The Morgan fingerprint density at radius 3 is 2.41 bits per heavy atom. The van der Waals surface area contributed by atoms with Gasteiger partial charge in [-0.25, -0.2) is 0 Å². The molecule has 86 valence electrons. The molecule has 1 atom stereocenters. The molecule has 2 rings (SSSR count). The van der Waals surface area contributed by atoms with Crippen LogP contribution < -0.4 is 4.90 Å². The third kappa shape index (κ3) is 2.25. The predicted molar refractivity (Wildman–Crippen MR) is 72.1 cm³/mol. The summed E-state index contributed by atoms with van der Waals surface area (Å²) in [6.45, 7) is 0. The molecular formula is C15H15NO. The third-order valence-corrected chi connectivity index (χ3v) is 2.84. The average molecular weight is 225 g/mol. The molecular weight excluding hydrogens is 210 g/mol. The largest absolute Gasteiger partial charge is 0.378 e. The quantitative estimate of drug-likeness (QED) is 0.794. The predicted octanol–water partition coefficient (Wildman–Crippen LogP) is 2.57. The normalized spacial score (nSPS) is 12.1. The van der Waals surface area contributed by atoms with Crippen molar-refractivity contribution in [1.82, 2.24) is 0 Å². The standard InChI is InChI=1S/C15H15NO/c1-4-15(17)13-6-5-12-10-14(16(2)3)8-7-11(12)9-13/h1,5-10,15,17H,2-3H3. The molecule has 0 aliphatic heterocycles. The zero-order valence-corrected chi connectivity index (χ0v) is 10.0. The van der Waals surface area contributed by atoms with Gasteiger partial charge >= 0.3 is 0 Å². The number of hydrogen-bond donors (Lipinski definition) is 1. The second kappa shape index (κ2) is 4.48.